The van der Waals surface area contributed by atoms with Crippen molar-refractivity contribution < 1.29 is 23.8 Å². The summed E-state index contributed by atoms with van der Waals surface area (Å²) < 4.78 is 16.5. The Morgan fingerprint density at radius 2 is 1.62 bits per heavy atom. The number of nitrogens with zero attached hydrogens (tertiary/aromatic N) is 2. The number of methoxy groups -OCH3 is 2. The summed E-state index contributed by atoms with van der Waals surface area (Å²) in [5.41, 5.74) is 4.62. The average molecular weight is 441 g/mol. The summed E-state index contributed by atoms with van der Waals surface area (Å²) in [6.45, 7) is 10.3. The predicted octanol–water partition coefficient (Wildman–Crippen LogP) is 5.03. The van der Waals surface area contributed by atoms with Crippen LogP contribution < -0.4 is 19.3 Å². The van der Waals surface area contributed by atoms with E-state index in [1.165, 1.54) is 7.11 Å². The Morgan fingerprint density at radius 1 is 0.969 bits per heavy atom. The third-order valence-corrected chi connectivity index (χ3v) is 6.03. The highest BCUT2D eigenvalue weighted by Crippen LogP contribution is 2.42. The number of benzene rings is 2. The second kappa shape index (κ2) is 9.51. The lowest BCUT2D eigenvalue weighted by Gasteiger charge is -2.42. The van der Waals surface area contributed by atoms with E-state index in [-0.39, 0.29) is 18.6 Å². The molecule has 0 N–H and O–H groups in total. The molecule has 1 aliphatic heterocycles. The number of carbonyl (C=O) groups is 2. The molecule has 1 atom stereocenters. The number of fused-ring (bicyclic) bond motifs is 1. The van der Waals surface area contributed by atoms with Crippen LogP contribution in [0.5, 0.6) is 11.5 Å². The standard InChI is InChI=1S/C25H32N2O5/c1-8-18-14-26(24(28)22-21(30-6)11-10-15(3)23(22)31-7)19-12-16(4)17(5)13-20(19)27(18)25(29)32-9-2/h10-13,18H,8-9,14H2,1-7H3. The number of aryl methyl sites for hydroxylation is 3. The van der Waals surface area contributed by atoms with Crippen molar-refractivity contribution in [2.75, 3.05) is 37.2 Å². The Bertz CT molecular complexity index is 1030. The van der Waals surface area contributed by atoms with E-state index in [0.29, 0.717) is 41.4 Å². The predicted molar refractivity (Wildman–Crippen MR) is 125 cm³/mol. The van der Waals surface area contributed by atoms with E-state index in [1.54, 1.807) is 29.9 Å². The lowest BCUT2D eigenvalue weighted by molar-refractivity contribution is 0.0975. The smallest absolute Gasteiger partial charge is 0.414 e. The van der Waals surface area contributed by atoms with E-state index in [2.05, 4.69) is 0 Å². The molecule has 0 aromatic heterocycles. The van der Waals surface area contributed by atoms with E-state index in [0.717, 1.165) is 16.7 Å². The topological polar surface area (TPSA) is 68.3 Å². The fraction of sp³-hybridized carbons (Fsp3) is 0.440. The third-order valence-electron chi connectivity index (χ3n) is 6.03. The van der Waals surface area contributed by atoms with E-state index in [4.69, 9.17) is 14.2 Å². The molecule has 172 valence electrons. The number of ether oxygens (including phenoxy) is 3. The number of hydrogen-bond acceptors (Lipinski definition) is 5. The minimum atomic E-state index is -0.401. The maximum absolute atomic E-state index is 14.0. The number of carbonyl (C=O) groups excluding carboxylic acids is 2. The molecule has 0 radical (unpaired) electrons. The molecule has 2 aromatic rings. The Hall–Kier alpha value is -3.22. The van der Waals surface area contributed by atoms with Crippen molar-refractivity contribution >= 4 is 23.4 Å². The summed E-state index contributed by atoms with van der Waals surface area (Å²) in [7, 11) is 3.09. The largest absolute Gasteiger partial charge is 0.496 e. The molecule has 7 nitrogen and oxygen atoms in total. The highest BCUT2D eigenvalue weighted by Gasteiger charge is 2.39. The molecule has 1 aliphatic rings. The van der Waals surface area contributed by atoms with Gasteiger partial charge >= 0.3 is 6.09 Å². The van der Waals surface area contributed by atoms with Gasteiger partial charge in [0.15, 0.2) is 0 Å². The number of anilines is 2. The lowest BCUT2D eigenvalue weighted by Crippen LogP contribution is -2.53. The Labute approximate surface area is 189 Å². The second-order valence-corrected chi connectivity index (χ2v) is 7.96. The molecule has 0 aliphatic carbocycles. The molecular weight excluding hydrogens is 408 g/mol. The van der Waals surface area contributed by atoms with Crippen LogP contribution >= 0.6 is 0 Å². The number of hydrogen-bond donors (Lipinski definition) is 0. The molecule has 0 saturated carbocycles. The van der Waals surface area contributed by atoms with Crippen molar-refractivity contribution in [2.24, 2.45) is 0 Å². The summed E-state index contributed by atoms with van der Waals surface area (Å²) in [6, 6.07) is 7.32. The monoisotopic (exact) mass is 440 g/mol. The highest BCUT2D eigenvalue weighted by molar-refractivity contribution is 6.13. The molecule has 2 aromatic carbocycles. The lowest BCUT2D eigenvalue weighted by atomic mass is 9.99. The third kappa shape index (κ3) is 3.99. The Morgan fingerprint density at radius 3 is 2.19 bits per heavy atom. The summed E-state index contributed by atoms with van der Waals surface area (Å²) in [5, 5.41) is 0. The quantitative estimate of drug-likeness (QED) is 0.652. The van der Waals surface area contributed by atoms with Crippen molar-refractivity contribution in [1.82, 2.24) is 0 Å². The Kier molecular flexibility index (Phi) is 6.96. The van der Waals surface area contributed by atoms with Crippen molar-refractivity contribution in [3.8, 4) is 11.5 Å². The van der Waals surface area contributed by atoms with Gasteiger partial charge in [-0.3, -0.25) is 9.69 Å². The van der Waals surface area contributed by atoms with Gasteiger partial charge in [0.2, 0.25) is 0 Å². The maximum atomic E-state index is 14.0. The van der Waals surface area contributed by atoms with Gasteiger partial charge in [0.05, 0.1) is 38.2 Å². The van der Waals surface area contributed by atoms with Crippen LogP contribution in [-0.2, 0) is 4.74 Å². The van der Waals surface area contributed by atoms with Crippen molar-refractivity contribution in [3.05, 3.63) is 46.5 Å². The van der Waals surface area contributed by atoms with Crippen molar-refractivity contribution in [2.45, 2.75) is 47.1 Å². The zero-order valence-corrected chi connectivity index (χ0v) is 19.9. The molecule has 0 saturated heterocycles. The van der Waals surface area contributed by atoms with E-state index in [1.807, 2.05) is 45.9 Å². The SMILES string of the molecule is CCOC(=O)N1c2cc(C)c(C)cc2N(C(=O)c2c(OC)ccc(C)c2OC)CC1CC. The highest BCUT2D eigenvalue weighted by atomic mass is 16.6. The zero-order valence-electron chi connectivity index (χ0n) is 19.9. The van der Waals surface area contributed by atoms with Crippen LogP contribution in [0.3, 0.4) is 0 Å². The van der Waals surface area contributed by atoms with Crippen LogP contribution in [0.4, 0.5) is 16.2 Å². The summed E-state index contributed by atoms with van der Waals surface area (Å²) in [6.07, 6.45) is 0.263. The van der Waals surface area contributed by atoms with E-state index < -0.39 is 6.09 Å². The van der Waals surface area contributed by atoms with Gasteiger partial charge in [-0.1, -0.05) is 13.0 Å². The van der Waals surface area contributed by atoms with Gasteiger partial charge in [0.25, 0.3) is 5.91 Å². The first-order valence-corrected chi connectivity index (χ1v) is 10.9. The zero-order chi connectivity index (χ0) is 23.6. The van der Waals surface area contributed by atoms with Gasteiger partial charge < -0.3 is 19.1 Å². The van der Waals surface area contributed by atoms with Gasteiger partial charge in [0.1, 0.15) is 17.1 Å². The number of rotatable bonds is 5. The van der Waals surface area contributed by atoms with Crippen LogP contribution in [-0.4, -0.2) is 45.4 Å². The first-order chi connectivity index (χ1) is 15.3. The van der Waals surface area contributed by atoms with Gasteiger partial charge in [-0.2, -0.15) is 0 Å². The van der Waals surface area contributed by atoms with Crippen LogP contribution in [0.1, 0.15) is 47.3 Å². The molecule has 32 heavy (non-hydrogen) atoms. The van der Waals surface area contributed by atoms with Gasteiger partial charge in [-0.05, 0) is 69.0 Å². The molecule has 0 bridgehead atoms. The fourth-order valence-electron chi connectivity index (χ4n) is 4.17. The molecule has 1 unspecified atom stereocenters. The summed E-state index contributed by atoms with van der Waals surface area (Å²) in [5.74, 6) is 0.707. The first kappa shape index (κ1) is 23.4. The molecular formula is C25H32N2O5. The molecule has 3 rings (SSSR count). The van der Waals surface area contributed by atoms with Crippen LogP contribution in [0.2, 0.25) is 0 Å². The molecule has 0 spiro atoms. The molecule has 7 heteroatoms. The van der Waals surface area contributed by atoms with Gasteiger partial charge in [-0.15, -0.1) is 0 Å². The first-order valence-electron chi connectivity index (χ1n) is 10.9. The summed E-state index contributed by atoms with van der Waals surface area (Å²) in [4.78, 5) is 30.3. The van der Waals surface area contributed by atoms with Crippen LogP contribution in [0.15, 0.2) is 24.3 Å². The second-order valence-electron chi connectivity index (χ2n) is 7.96. The normalized spacial score (nSPS) is 15.3. The van der Waals surface area contributed by atoms with E-state index in [9.17, 15) is 9.59 Å². The van der Waals surface area contributed by atoms with Crippen LogP contribution in [0.25, 0.3) is 0 Å². The molecule has 0 fully saturated rings. The minimum absolute atomic E-state index is 0.227. The Balaban J connectivity index is 2.22. The van der Waals surface area contributed by atoms with Crippen molar-refractivity contribution in [1.29, 1.82) is 0 Å². The molecule has 1 heterocycles. The maximum Gasteiger partial charge on any atom is 0.414 e. The summed E-state index contributed by atoms with van der Waals surface area (Å²) >= 11 is 0. The van der Waals surface area contributed by atoms with Crippen LogP contribution in [0, 0.1) is 20.8 Å². The number of amides is 2. The van der Waals surface area contributed by atoms with E-state index >= 15 is 0 Å². The van der Waals surface area contributed by atoms with Gasteiger partial charge in [0, 0.05) is 6.54 Å². The minimum Gasteiger partial charge on any atom is -0.496 e. The van der Waals surface area contributed by atoms with Crippen molar-refractivity contribution in [3.63, 3.8) is 0 Å². The van der Waals surface area contributed by atoms with Gasteiger partial charge in [-0.25, -0.2) is 4.79 Å². The average Bonchev–Trinajstić information content (AvgIpc) is 2.78. The fourth-order valence-corrected chi connectivity index (χ4v) is 4.17. The molecule has 2 amide bonds.